The van der Waals surface area contributed by atoms with Gasteiger partial charge in [-0.3, -0.25) is 10.1 Å². The van der Waals surface area contributed by atoms with Crippen LogP contribution in [0.25, 0.3) is 0 Å². The van der Waals surface area contributed by atoms with Crippen molar-refractivity contribution >= 4 is 5.69 Å². The van der Waals surface area contributed by atoms with E-state index >= 15 is 0 Å². The third kappa shape index (κ3) is 3.30. The van der Waals surface area contributed by atoms with Gasteiger partial charge in [0.25, 0.3) is 5.69 Å². The Balaban J connectivity index is 2.05. The lowest BCUT2D eigenvalue weighted by Crippen LogP contribution is -2.10. The maximum Gasteiger partial charge on any atom is 0.269 e. The molecule has 0 bridgehead atoms. The van der Waals surface area contributed by atoms with Crippen LogP contribution in [0.5, 0.6) is 5.75 Å². The summed E-state index contributed by atoms with van der Waals surface area (Å²) < 4.78 is 18.5. The van der Waals surface area contributed by atoms with Crippen molar-refractivity contribution < 1.29 is 19.2 Å². The van der Waals surface area contributed by atoms with Crippen LogP contribution in [0.1, 0.15) is 11.7 Å². The number of halogens is 1. The Labute approximate surface area is 114 Å². The molecule has 1 atom stereocenters. The molecule has 0 aliphatic heterocycles. The Kier molecular flexibility index (Phi) is 4.27. The first-order valence-corrected chi connectivity index (χ1v) is 5.87. The minimum Gasteiger partial charge on any atom is -0.487 e. The number of hydrogen-bond acceptors (Lipinski definition) is 4. The van der Waals surface area contributed by atoms with Gasteiger partial charge in [-0.2, -0.15) is 0 Å². The van der Waals surface area contributed by atoms with E-state index in [-0.39, 0.29) is 18.0 Å². The molecule has 20 heavy (non-hydrogen) atoms. The first-order chi connectivity index (χ1) is 9.58. The predicted octanol–water partition coefficient (Wildman–Crippen LogP) is 2.85. The smallest absolute Gasteiger partial charge is 0.269 e. The van der Waals surface area contributed by atoms with Crippen molar-refractivity contribution in [1.82, 2.24) is 0 Å². The zero-order valence-corrected chi connectivity index (χ0v) is 10.4. The highest BCUT2D eigenvalue weighted by Crippen LogP contribution is 2.21. The zero-order chi connectivity index (χ0) is 14.5. The van der Waals surface area contributed by atoms with Crippen LogP contribution in [0.3, 0.4) is 0 Å². The molecule has 6 heteroatoms. The minimum absolute atomic E-state index is 0.0250. The van der Waals surface area contributed by atoms with Gasteiger partial charge in [-0.15, -0.1) is 0 Å². The maximum atomic E-state index is 13.3. The van der Waals surface area contributed by atoms with E-state index in [2.05, 4.69) is 0 Å². The number of para-hydroxylation sites is 1. The van der Waals surface area contributed by atoms with Crippen LogP contribution < -0.4 is 4.74 Å². The molecule has 2 aromatic carbocycles. The van der Waals surface area contributed by atoms with E-state index in [0.717, 1.165) is 0 Å². The average molecular weight is 277 g/mol. The molecule has 2 aromatic rings. The van der Waals surface area contributed by atoms with Crippen molar-refractivity contribution in [3.05, 3.63) is 70.0 Å². The van der Waals surface area contributed by atoms with Gasteiger partial charge in [0.05, 0.1) is 4.92 Å². The van der Waals surface area contributed by atoms with E-state index in [4.69, 9.17) is 4.74 Å². The first-order valence-electron chi connectivity index (χ1n) is 5.87. The SMILES string of the molecule is O=[N+]([O-])c1cccc(C(O)COc2ccccc2F)c1. The van der Waals surface area contributed by atoms with Crippen LogP contribution in [0.4, 0.5) is 10.1 Å². The van der Waals surface area contributed by atoms with Gasteiger partial charge in [-0.1, -0.05) is 24.3 Å². The minimum atomic E-state index is -1.07. The van der Waals surface area contributed by atoms with Gasteiger partial charge in [0.1, 0.15) is 12.7 Å². The van der Waals surface area contributed by atoms with Crippen molar-refractivity contribution in [1.29, 1.82) is 0 Å². The van der Waals surface area contributed by atoms with E-state index in [1.165, 1.54) is 36.4 Å². The van der Waals surface area contributed by atoms with Gasteiger partial charge in [-0.05, 0) is 17.7 Å². The molecule has 1 unspecified atom stereocenters. The molecule has 0 aliphatic carbocycles. The fourth-order valence-corrected chi connectivity index (χ4v) is 1.67. The second-order valence-corrected chi connectivity index (χ2v) is 4.11. The van der Waals surface area contributed by atoms with Gasteiger partial charge in [0, 0.05) is 12.1 Å². The number of benzene rings is 2. The molecule has 0 radical (unpaired) electrons. The van der Waals surface area contributed by atoms with E-state index in [0.29, 0.717) is 5.56 Å². The molecule has 0 aliphatic rings. The first kappa shape index (κ1) is 14.0. The number of ether oxygens (including phenoxy) is 1. The molecule has 104 valence electrons. The highest BCUT2D eigenvalue weighted by molar-refractivity contribution is 5.35. The van der Waals surface area contributed by atoms with Crippen LogP contribution in [-0.4, -0.2) is 16.6 Å². The molecule has 0 amide bonds. The molecule has 0 spiro atoms. The van der Waals surface area contributed by atoms with Gasteiger partial charge >= 0.3 is 0 Å². The third-order valence-electron chi connectivity index (χ3n) is 2.70. The lowest BCUT2D eigenvalue weighted by Gasteiger charge is -2.12. The van der Waals surface area contributed by atoms with Crippen molar-refractivity contribution in [2.24, 2.45) is 0 Å². The summed E-state index contributed by atoms with van der Waals surface area (Å²) in [5, 5.41) is 20.6. The molecule has 0 heterocycles. The van der Waals surface area contributed by atoms with Crippen LogP contribution in [0, 0.1) is 15.9 Å². The van der Waals surface area contributed by atoms with Gasteiger partial charge in [0.2, 0.25) is 0 Å². The molecule has 1 N–H and O–H groups in total. The van der Waals surface area contributed by atoms with E-state index < -0.39 is 16.8 Å². The van der Waals surface area contributed by atoms with Gasteiger partial charge < -0.3 is 9.84 Å². The molecule has 0 saturated carbocycles. The fraction of sp³-hybridized carbons (Fsp3) is 0.143. The van der Waals surface area contributed by atoms with Crippen LogP contribution in [0.15, 0.2) is 48.5 Å². The van der Waals surface area contributed by atoms with Gasteiger partial charge in [0.15, 0.2) is 11.6 Å². The molecule has 2 rings (SSSR count). The fourth-order valence-electron chi connectivity index (χ4n) is 1.67. The monoisotopic (exact) mass is 277 g/mol. The third-order valence-corrected chi connectivity index (χ3v) is 2.70. The second kappa shape index (κ2) is 6.12. The highest BCUT2D eigenvalue weighted by Gasteiger charge is 2.13. The lowest BCUT2D eigenvalue weighted by atomic mass is 10.1. The summed E-state index contributed by atoms with van der Waals surface area (Å²) in [6.07, 6.45) is -1.07. The van der Waals surface area contributed by atoms with Crippen molar-refractivity contribution in [2.45, 2.75) is 6.10 Å². The van der Waals surface area contributed by atoms with E-state index in [9.17, 15) is 19.6 Å². The number of aliphatic hydroxyl groups is 1. The molecule has 0 aromatic heterocycles. The largest absolute Gasteiger partial charge is 0.487 e. The zero-order valence-electron chi connectivity index (χ0n) is 10.4. The van der Waals surface area contributed by atoms with Crippen LogP contribution in [-0.2, 0) is 0 Å². The standard InChI is InChI=1S/C14H12FNO4/c15-12-6-1-2-7-14(12)20-9-13(17)10-4-3-5-11(8-10)16(18)19/h1-8,13,17H,9H2. The lowest BCUT2D eigenvalue weighted by molar-refractivity contribution is -0.385. The number of hydrogen-bond donors (Lipinski definition) is 1. The molecule has 0 fully saturated rings. The van der Waals surface area contributed by atoms with E-state index in [1.807, 2.05) is 0 Å². The van der Waals surface area contributed by atoms with Crippen LogP contribution in [0.2, 0.25) is 0 Å². The Morgan fingerprint density at radius 2 is 2.00 bits per heavy atom. The van der Waals surface area contributed by atoms with Crippen molar-refractivity contribution in [2.75, 3.05) is 6.61 Å². The van der Waals surface area contributed by atoms with E-state index in [1.54, 1.807) is 12.1 Å². The Morgan fingerprint density at radius 1 is 1.25 bits per heavy atom. The Morgan fingerprint density at radius 3 is 2.70 bits per heavy atom. The highest BCUT2D eigenvalue weighted by atomic mass is 19.1. The maximum absolute atomic E-state index is 13.3. The molecule has 0 saturated heterocycles. The molecular formula is C14H12FNO4. The number of non-ortho nitro benzene ring substituents is 1. The summed E-state index contributed by atoms with van der Waals surface area (Å²) in [5.74, 6) is -0.504. The van der Waals surface area contributed by atoms with Crippen LogP contribution >= 0.6 is 0 Å². The summed E-state index contributed by atoms with van der Waals surface area (Å²) in [4.78, 5) is 10.1. The summed E-state index contributed by atoms with van der Waals surface area (Å²) >= 11 is 0. The number of nitro benzene ring substituents is 1. The van der Waals surface area contributed by atoms with Gasteiger partial charge in [-0.25, -0.2) is 4.39 Å². The predicted molar refractivity (Wildman–Crippen MR) is 70.0 cm³/mol. The Bertz CT molecular complexity index is 618. The second-order valence-electron chi connectivity index (χ2n) is 4.11. The molecule has 5 nitrogen and oxygen atoms in total. The summed E-state index contributed by atoms with van der Waals surface area (Å²) in [6.45, 7) is -0.192. The number of rotatable bonds is 5. The summed E-state index contributed by atoms with van der Waals surface area (Å²) in [6, 6.07) is 11.4. The molecular weight excluding hydrogens is 265 g/mol. The topological polar surface area (TPSA) is 72.6 Å². The normalized spacial score (nSPS) is 11.9. The summed E-state index contributed by atoms with van der Waals surface area (Å²) in [7, 11) is 0. The quantitative estimate of drug-likeness (QED) is 0.673. The average Bonchev–Trinajstić information content (AvgIpc) is 2.46. The number of nitrogens with zero attached hydrogens (tertiary/aromatic N) is 1. The Hall–Kier alpha value is -2.47. The summed E-state index contributed by atoms with van der Waals surface area (Å²) in [5.41, 5.74) is 0.225. The number of nitro groups is 1. The van der Waals surface area contributed by atoms with Crippen molar-refractivity contribution in [3.63, 3.8) is 0 Å². The number of aliphatic hydroxyl groups excluding tert-OH is 1. The van der Waals surface area contributed by atoms with Crippen molar-refractivity contribution in [3.8, 4) is 5.75 Å².